The summed E-state index contributed by atoms with van der Waals surface area (Å²) in [6.45, 7) is 0. The van der Waals surface area contributed by atoms with Crippen molar-refractivity contribution in [1.29, 1.82) is 0 Å². The van der Waals surface area contributed by atoms with Gasteiger partial charge in [-0.05, 0) is 29.1 Å². The molecular formula is C12H12BrNO2S2. The number of nitrogens with two attached hydrogens (primary N) is 1. The van der Waals surface area contributed by atoms with Crippen LogP contribution in [0.4, 0.5) is 0 Å². The molecule has 0 spiro atoms. The van der Waals surface area contributed by atoms with Crippen LogP contribution < -0.4 is 5.73 Å². The molecule has 2 N–H and O–H groups in total. The summed E-state index contributed by atoms with van der Waals surface area (Å²) in [5.74, 6) is 0. The van der Waals surface area contributed by atoms with Crippen LogP contribution in [0.3, 0.4) is 0 Å². The van der Waals surface area contributed by atoms with Gasteiger partial charge in [-0.1, -0.05) is 34.1 Å². The number of benzene rings is 1. The molecule has 2 rings (SSSR count). The van der Waals surface area contributed by atoms with Crippen LogP contribution in [-0.2, 0) is 15.2 Å². The van der Waals surface area contributed by atoms with E-state index in [-0.39, 0.29) is 4.90 Å². The van der Waals surface area contributed by atoms with Gasteiger partial charge in [0.25, 0.3) is 0 Å². The summed E-state index contributed by atoms with van der Waals surface area (Å²) in [6.07, 6.45) is 0. The first-order valence-electron chi connectivity index (χ1n) is 5.23. The molecule has 0 aliphatic carbocycles. The summed E-state index contributed by atoms with van der Waals surface area (Å²) in [7, 11) is -3.51. The first-order chi connectivity index (χ1) is 8.55. The molecule has 0 radical (unpaired) electrons. The Morgan fingerprint density at radius 3 is 2.39 bits per heavy atom. The second-order valence-electron chi connectivity index (χ2n) is 3.76. The summed E-state index contributed by atoms with van der Waals surface area (Å²) in [6, 6.07) is 10.3. The standard InChI is InChI=1S/C12H12BrNO2S2/c13-8-9-3-5-10(6-4-9)18(15,16)12(14)11-2-1-7-17-11/h1-7,12H,8,14H2. The van der Waals surface area contributed by atoms with Crippen LogP contribution in [0.2, 0.25) is 0 Å². The monoisotopic (exact) mass is 345 g/mol. The van der Waals surface area contributed by atoms with Crippen molar-refractivity contribution in [3.05, 3.63) is 52.2 Å². The van der Waals surface area contributed by atoms with E-state index in [1.807, 2.05) is 5.38 Å². The van der Waals surface area contributed by atoms with Crippen molar-refractivity contribution in [2.75, 3.05) is 0 Å². The first kappa shape index (κ1) is 13.7. The number of thiophene rings is 1. The van der Waals surface area contributed by atoms with Gasteiger partial charge in [-0.3, -0.25) is 0 Å². The number of halogens is 1. The van der Waals surface area contributed by atoms with E-state index < -0.39 is 15.2 Å². The Labute approximate surface area is 119 Å². The number of sulfone groups is 1. The van der Waals surface area contributed by atoms with Crippen LogP contribution >= 0.6 is 27.3 Å². The van der Waals surface area contributed by atoms with Crippen LogP contribution in [0.1, 0.15) is 15.8 Å². The number of alkyl halides is 1. The van der Waals surface area contributed by atoms with Crippen molar-refractivity contribution in [2.45, 2.75) is 15.6 Å². The lowest BCUT2D eigenvalue weighted by Gasteiger charge is -2.11. The third-order valence-electron chi connectivity index (χ3n) is 2.56. The summed E-state index contributed by atoms with van der Waals surface area (Å²) < 4.78 is 24.6. The Balaban J connectivity index is 2.35. The molecule has 0 aliphatic rings. The quantitative estimate of drug-likeness (QED) is 0.866. The van der Waals surface area contributed by atoms with E-state index in [2.05, 4.69) is 15.9 Å². The molecule has 0 fully saturated rings. The van der Waals surface area contributed by atoms with Gasteiger partial charge >= 0.3 is 0 Å². The average molecular weight is 346 g/mol. The highest BCUT2D eigenvalue weighted by Gasteiger charge is 2.25. The maximum atomic E-state index is 12.3. The van der Waals surface area contributed by atoms with E-state index in [1.54, 1.807) is 36.4 Å². The minimum absolute atomic E-state index is 0.258. The van der Waals surface area contributed by atoms with E-state index in [0.717, 1.165) is 5.56 Å². The fourth-order valence-corrected chi connectivity index (χ4v) is 4.24. The molecule has 0 aliphatic heterocycles. The highest BCUT2D eigenvalue weighted by Crippen LogP contribution is 2.27. The summed E-state index contributed by atoms with van der Waals surface area (Å²) in [5.41, 5.74) is 6.86. The van der Waals surface area contributed by atoms with E-state index >= 15 is 0 Å². The third-order valence-corrected chi connectivity index (χ3v) is 6.17. The van der Waals surface area contributed by atoms with E-state index in [1.165, 1.54) is 11.3 Å². The van der Waals surface area contributed by atoms with Gasteiger partial charge in [0.05, 0.1) is 4.90 Å². The number of hydrogen-bond acceptors (Lipinski definition) is 4. The van der Waals surface area contributed by atoms with Crippen molar-refractivity contribution in [3.63, 3.8) is 0 Å². The maximum Gasteiger partial charge on any atom is 0.199 e. The molecule has 6 heteroatoms. The lowest BCUT2D eigenvalue weighted by atomic mass is 10.2. The van der Waals surface area contributed by atoms with Crippen molar-refractivity contribution >= 4 is 37.1 Å². The van der Waals surface area contributed by atoms with Crippen molar-refractivity contribution in [1.82, 2.24) is 0 Å². The van der Waals surface area contributed by atoms with Gasteiger partial charge in [-0.15, -0.1) is 11.3 Å². The summed E-state index contributed by atoms with van der Waals surface area (Å²) >= 11 is 4.67. The molecule has 1 unspecified atom stereocenters. The second kappa shape index (κ2) is 5.52. The zero-order valence-electron chi connectivity index (χ0n) is 9.41. The molecular weight excluding hydrogens is 334 g/mol. The van der Waals surface area contributed by atoms with Crippen molar-refractivity contribution < 1.29 is 8.42 Å². The minimum Gasteiger partial charge on any atom is -0.310 e. The van der Waals surface area contributed by atoms with E-state index in [4.69, 9.17) is 5.73 Å². The van der Waals surface area contributed by atoms with Gasteiger partial charge < -0.3 is 5.73 Å². The highest BCUT2D eigenvalue weighted by molar-refractivity contribution is 9.08. The lowest BCUT2D eigenvalue weighted by Crippen LogP contribution is -2.21. The molecule has 3 nitrogen and oxygen atoms in total. The van der Waals surface area contributed by atoms with Gasteiger partial charge in [0.2, 0.25) is 0 Å². The Hall–Kier alpha value is -0.690. The van der Waals surface area contributed by atoms with E-state index in [0.29, 0.717) is 10.2 Å². The highest BCUT2D eigenvalue weighted by atomic mass is 79.9. The zero-order valence-corrected chi connectivity index (χ0v) is 12.6. The summed E-state index contributed by atoms with van der Waals surface area (Å²) in [5, 5.41) is 1.52. The molecule has 1 aromatic heterocycles. The Kier molecular flexibility index (Phi) is 4.21. The normalized spacial score (nSPS) is 13.4. The lowest BCUT2D eigenvalue weighted by molar-refractivity contribution is 0.584. The van der Waals surface area contributed by atoms with Gasteiger partial charge in [-0.2, -0.15) is 0 Å². The van der Waals surface area contributed by atoms with Crippen LogP contribution in [0.15, 0.2) is 46.7 Å². The molecule has 1 aromatic carbocycles. The fourth-order valence-electron chi connectivity index (χ4n) is 1.52. The molecule has 1 atom stereocenters. The molecule has 0 saturated carbocycles. The zero-order chi connectivity index (χ0) is 13.2. The van der Waals surface area contributed by atoms with Crippen molar-refractivity contribution in [3.8, 4) is 0 Å². The predicted molar refractivity (Wildman–Crippen MR) is 77.5 cm³/mol. The predicted octanol–water partition coefficient (Wildman–Crippen LogP) is 3.07. The van der Waals surface area contributed by atoms with Crippen LogP contribution in [0.5, 0.6) is 0 Å². The largest absolute Gasteiger partial charge is 0.310 e. The Morgan fingerprint density at radius 1 is 1.22 bits per heavy atom. The smallest absolute Gasteiger partial charge is 0.199 e. The summed E-state index contributed by atoms with van der Waals surface area (Å²) in [4.78, 5) is 0.910. The second-order valence-corrected chi connectivity index (χ2v) is 7.37. The maximum absolute atomic E-state index is 12.3. The van der Waals surface area contributed by atoms with Crippen LogP contribution in [-0.4, -0.2) is 8.42 Å². The van der Waals surface area contributed by atoms with Gasteiger partial charge in [0.15, 0.2) is 9.84 Å². The number of rotatable bonds is 4. The fraction of sp³-hybridized carbons (Fsp3) is 0.167. The SMILES string of the molecule is NC(c1cccs1)S(=O)(=O)c1ccc(CBr)cc1. The molecule has 18 heavy (non-hydrogen) atoms. The first-order valence-corrected chi connectivity index (χ1v) is 8.78. The Bertz CT molecular complexity index is 606. The Morgan fingerprint density at radius 2 is 1.89 bits per heavy atom. The molecule has 1 heterocycles. The third kappa shape index (κ3) is 2.66. The van der Waals surface area contributed by atoms with Crippen LogP contribution in [0, 0.1) is 0 Å². The average Bonchev–Trinajstić information content (AvgIpc) is 2.91. The number of hydrogen-bond donors (Lipinski definition) is 1. The van der Waals surface area contributed by atoms with Crippen LogP contribution in [0.25, 0.3) is 0 Å². The minimum atomic E-state index is -3.51. The topological polar surface area (TPSA) is 60.2 Å². The van der Waals surface area contributed by atoms with E-state index in [9.17, 15) is 8.42 Å². The molecule has 96 valence electrons. The van der Waals surface area contributed by atoms with Crippen molar-refractivity contribution in [2.24, 2.45) is 5.73 Å². The molecule has 0 bridgehead atoms. The molecule has 0 saturated heterocycles. The van der Waals surface area contributed by atoms with Gasteiger partial charge in [0, 0.05) is 10.2 Å². The van der Waals surface area contributed by atoms with Gasteiger partial charge in [0.1, 0.15) is 5.37 Å². The molecule has 0 amide bonds. The molecule has 2 aromatic rings. The van der Waals surface area contributed by atoms with Gasteiger partial charge in [-0.25, -0.2) is 8.42 Å².